The normalized spacial score (nSPS) is 10.7. The van der Waals surface area contributed by atoms with E-state index >= 15 is 0 Å². The van der Waals surface area contributed by atoms with Gasteiger partial charge in [-0.3, -0.25) is 10.1 Å². The van der Waals surface area contributed by atoms with Crippen LogP contribution in [0.1, 0.15) is 10.4 Å². The van der Waals surface area contributed by atoms with Crippen molar-refractivity contribution in [2.45, 2.75) is 4.90 Å². The molecule has 0 fully saturated rings. The summed E-state index contributed by atoms with van der Waals surface area (Å²) in [5.74, 6) is -1.78. The molecule has 0 saturated carbocycles. The lowest BCUT2D eigenvalue weighted by Crippen LogP contribution is -2.37. The Morgan fingerprint density at radius 3 is 2.50 bits per heavy atom. The molecule has 0 saturated heterocycles. The van der Waals surface area contributed by atoms with Gasteiger partial charge >= 0.3 is 12.0 Å². The summed E-state index contributed by atoms with van der Waals surface area (Å²) >= 11 is 0. The second-order valence-corrected chi connectivity index (χ2v) is 5.80. The number of carbonyl (C=O) groups is 3. The molecule has 3 amide bonds. The highest BCUT2D eigenvalue weighted by atomic mass is 32.2. The number of carbonyl (C=O) groups excluding carboxylic acids is 3. The van der Waals surface area contributed by atoms with E-state index in [4.69, 9.17) is 5.73 Å². The molecule has 1 aromatic rings. The summed E-state index contributed by atoms with van der Waals surface area (Å²) in [6.45, 7) is -0.703. The maximum absolute atomic E-state index is 11.6. The summed E-state index contributed by atoms with van der Waals surface area (Å²) in [4.78, 5) is 32.9. The molecule has 0 unspecified atom stereocenters. The summed E-state index contributed by atoms with van der Waals surface area (Å²) in [5.41, 5.74) is 4.67. The molecule has 9 heteroatoms. The van der Waals surface area contributed by atoms with Crippen LogP contribution in [0.5, 0.6) is 0 Å². The maximum Gasteiger partial charge on any atom is 0.338 e. The lowest BCUT2D eigenvalue weighted by Gasteiger charge is -2.05. The van der Waals surface area contributed by atoms with Crippen molar-refractivity contribution in [3.05, 3.63) is 29.8 Å². The van der Waals surface area contributed by atoms with Gasteiger partial charge in [0.1, 0.15) is 0 Å². The number of primary amides is 1. The molecule has 0 atom stereocenters. The number of hydrogen-bond acceptors (Lipinski definition) is 6. The predicted molar refractivity (Wildman–Crippen MR) is 67.6 cm³/mol. The number of imide groups is 1. The summed E-state index contributed by atoms with van der Waals surface area (Å²) in [6, 6.07) is 4.10. The van der Waals surface area contributed by atoms with Gasteiger partial charge in [-0.1, -0.05) is 6.07 Å². The maximum atomic E-state index is 11.6. The second-order valence-electron chi connectivity index (χ2n) is 3.79. The molecular weight excluding hydrogens is 288 g/mol. The first-order valence-electron chi connectivity index (χ1n) is 5.26. The minimum atomic E-state index is -3.45. The number of hydrogen-bond donors (Lipinski definition) is 2. The van der Waals surface area contributed by atoms with Crippen LogP contribution in [-0.2, 0) is 19.4 Å². The van der Waals surface area contributed by atoms with Crippen LogP contribution in [0, 0.1) is 0 Å². The van der Waals surface area contributed by atoms with Crippen molar-refractivity contribution in [3.63, 3.8) is 0 Å². The molecule has 20 heavy (non-hydrogen) atoms. The Morgan fingerprint density at radius 1 is 1.30 bits per heavy atom. The van der Waals surface area contributed by atoms with Crippen LogP contribution in [0.4, 0.5) is 4.79 Å². The number of sulfone groups is 1. The Labute approximate surface area is 114 Å². The highest BCUT2D eigenvalue weighted by Gasteiger charge is 2.14. The van der Waals surface area contributed by atoms with Crippen LogP contribution < -0.4 is 11.1 Å². The zero-order chi connectivity index (χ0) is 15.3. The van der Waals surface area contributed by atoms with Gasteiger partial charge in [-0.05, 0) is 18.2 Å². The van der Waals surface area contributed by atoms with E-state index in [-0.39, 0.29) is 10.5 Å². The lowest BCUT2D eigenvalue weighted by atomic mass is 10.2. The van der Waals surface area contributed by atoms with Crippen molar-refractivity contribution in [1.29, 1.82) is 0 Å². The molecule has 0 aliphatic carbocycles. The third kappa shape index (κ3) is 4.69. The highest BCUT2D eigenvalue weighted by Crippen LogP contribution is 2.12. The van der Waals surface area contributed by atoms with Gasteiger partial charge in [-0.25, -0.2) is 18.0 Å². The van der Waals surface area contributed by atoms with Gasteiger partial charge in [-0.2, -0.15) is 0 Å². The Morgan fingerprint density at radius 2 is 1.95 bits per heavy atom. The molecular formula is C11H12N2O6S. The summed E-state index contributed by atoms with van der Waals surface area (Å²) in [6.07, 6.45) is 0.998. The summed E-state index contributed by atoms with van der Waals surface area (Å²) in [7, 11) is -3.45. The predicted octanol–water partition coefficient (Wildman–Crippen LogP) is -0.558. The molecule has 0 radical (unpaired) electrons. The van der Waals surface area contributed by atoms with E-state index in [0.717, 1.165) is 12.3 Å². The molecule has 0 aliphatic rings. The monoisotopic (exact) mass is 300 g/mol. The first kappa shape index (κ1) is 15.6. The Hall–Kier alpha value is -2.42. The molecule has 108 valence electrons. The Bertz CT molecular complexity index is 653. The number of nitrogens with two attached hydrogens (primary N) is 1. The van der Waals surface area contributed by atoms with E-state index in [1.54, 1.807) is 5.32 Å². The van der Waals surface area contributed by atoms with Crippen molar-refractivity contribution in [3.8, 4) is 0 Å². The number of nitrogens with one attached hydrogen (secondary N) is 1. The minimum absolute atomic E-state index is 0.0280. The van der Waals surface area contributed by atoms with Crippen molar-refractivity contribution in [2.75, 3.05) is 12.9 Å². The molecule has 1 rings (SSSR count). The van der Waals surface area contributed by atoms with Gasteiger partial charge in [0.25, 0.3) is 5.91 Å². The Balaban J connectivity index is 2.74. The van der Waals surface area contributed by atoms with E-state index in [1.165, 1.54) is 18.2 Å². The van der Waals surface area contributed by atoms with Crippen LogP contribution in [-0.4, -0.2) is 39.2 Å². The smallest absolute Gasteiger partial charge is 0.338 e. The van der Waals surface area contributed by atoms with E-state index in [9.17, 15) is 22.8 Å². The van der Waals surface area contributed by atoms with E-state index in [0.29, 0.717) is 0 Å². The van der Waals surface area contributed by atoms with Crippen LogP contribution in [0.2, 0.25) is 0 Å². The molecule has 0 spiro atoms. The number of urea groups is 1. The summed E-state index contributed by atoms with van der Waals surface area (Å²) in [5, 5.41) is 1.71. The van der Waals surface area contributed by atoms with Crippen LogP contribution >= 0.6 is 0 Å². The summed E-state index contributed by atoms with van der Waals surface area (Å²) < 4.78 is 27.3. The van der Waals surface area contributed by atoms with Gasteiger partial charge < -0.3 is 10.5 Å². The molecule has 0 aliphatic heterocycles. The van der Waals surface area contributed by atoms with Crippen LogP contribution in [0.15, 0.2) is 29.2 Å². The van der Waals surface area contributed by atoms with Gasteiger partial charge in [0.15, 0.2) is 16.4 Å². The average Bonchev–Trinajstić information content (AvgIpc) is 2.34. The SMILES string of the molecule is CS(=O)(=O)c1cccc(C(=O)OCC(=O)NC(N)=O)c1. The van der Waals surface area contributed by atoms with E-state index in [1.807, 2.05) is 0 Å². The third-order valence-electron chi connectivity index (χ3n) is 2.09. The van der Waals surface area contributed by atoms with Crippen LogP contribution in [0.3, 0.4) is 0 Å². The van der Waals surface area contributed by atoms with Gasteiger partial charge in [0.2, 0.25) is 0 Å². The van der Waals surface area contributed by atoms with Crippen molar-refractivity contribution < 1.29 is 27.5 Å². The minimum Gasteiger partial charge on any atom is -0.452 e. The fraction of sp³-hybridized carbons (Fsp3) is 0.182. The van der Waals surface area contributed by atoms with Gasteiger partial charge in [-0.15, -0.1) is 0 Å². The molecule has 0 heterocycles. The first-order valence-corrected chi connectivity index (χ1v) is 7.16. The number of ether oxygens (including phenoxy) is 1. The van der Waals surface area contributed by atoms with Crippen molar-refractivity contribution in [1.82, 2.24) is 5.32 Å². The molecule has 0 aromatic heterocycles. The third-order valence-corrected chi connectivity index (χ3v) is 3.21. The van der Waals surface area contributed by atoms with Gasteiger partial charge in [0.05, 0.1) is 10.5 Å². The topological polar surface area (TPSA) is 133 Å². The molecule has 8 nitrogen and oxygen atoms in total. The number of amides is 3. The van der Waals surface area contributed by atoms with Crippen LogP contribution in [0.25, 0.3) is 0 Å². The highest BCUT2D eigenvalue weighted by molar-refractivity contribution is 7.90. The van der Waals surface area contributed by atoms with Gasteiger partial charge in [0, 0.05) is 6.26 Å². The van der Waals surface area contributed by atoms with Crippen molar-refractivity contribution >= 4 is 27.7 Å². The number of esters is 1. The zero-order valence-corrected chi connectivity index (χ0v) is 11.3. The van der Waals surface area contributed by atoms with E-state index < -0.39 is 34.4 Å². The lowest BCUT2D eigenvalue weighted by molar-refractivity contribution is -0.123. The quantitative estimate of drug-likeness (QED) is 0.716. The zero-order valence-electron chi connectivity index (χ0n) is 10.5. The fourth-order valence-corrected chi connectivity index (χ4v) is 1.91. The number of rotatable bonds is 4. The average molecular weight is 300 g/mol. The van der Waals surface area contributed by atoms with Crippen molar-refractivity contribution in [2.24, 2.45) is 5.73 Å². The first-order chi connectivity index (χ1) is 9.20. The largest absolute Gasteiger partial charge is 0.452 e. The number of benzene rings is 1. The Kier molecular flexibility index (Phi) is 4.81. The molecule has 0 bridgehead atoms. The van der Waals surface area contributed by atoms with E-state index in [2.05, 4.69) is 4.74 Å². The fourth-order valence-electron chi connectivity index (χ4n) is 1.24. The molecule has 1 aromatic carbocycles. The second kappa shape index (κ2) is 6.15. The standard InChI is InChI=1S/C11H12N2O6S/c1-20(17,18)8-4-2-3-7(5-8)10(15)19-6-9(14)13-11(12)16/h2-5H,6H2,1H3,(H3,12,13,14,16). The molecule has 3 N–H and O–H groups in total.